The summed E-state index contributed by atoms with van der Waals surface area (Å²) in [5, 5.41) is 11.8. The van der Waals surface area contributed by atoms with E-state index in [4.69, 9.17) is 4.74 Å². The van der Waals surface area contributed by atoms with E-state index in [9.17, 15) is 5.11 Å². The number of aromatic nitrogens is 4. The summed E-state index contributed by atoms with van der Waals surface area (Å²) in [4.78, 5) is 23.7. The van der Waals surface area contributed by atoms with Gasteiger partial charge in [0.2, 0.25) is 0 Å². The molecule has 37 heavy (non-hydrogen) atoms. The van der Waals surface area contributed by atoms with Gasteiger partial charge in [0, 0.05) is 41.5 Å². The van der Waals surface area contributed by atoms with E-state index in [1.165, 1.54) is 18.7 Å². The van der Waals surface area contributed by atoms with Gasteiger partial charge in [0.1, 0.15) is 24.6 Å². The summed E-state index contributed by atoms with van der Waals surface area (Å²) >= 11 is 0. The number of ether oxygens (including phenoxy) is 1. The Balaban J connectivity index is 0.00000156. The van der Waals surface area contributed by atoms with Gasteiger partial charge in [-0.25, -0.2) is 29.3 Å². The standard InChI is InChI=1S/C26H25FN6O2.C2H6/c1-3-28-26-16(2)23(30-15-32-26)25(34)17-4-7-21(27)20(12-17)24-19-6-5-18(13-22(19)29-14-31-24)33-8-10-35-11-9-33;1-2/h3-7,12-15,25,34H,8-11H2,1-2H3;1-2H3. The van der Waals surface area contributed by atoms with Gasteiger partial charge in [-0.15, -0.1) is 0 Å². The van der Waals surface area contributed by atoms with E-state index in [1.54, 1.807) is 32.2 Å². The molecule has 0 aliphatic carbocycles. The molecule has 0 saturated carbocycles. The van der Waals surface area contributed by atoms with E-state index in [0.29, 0.717) is 41.5 Å². The molecule has 1 saturated heterocycles. The number of nitrogens with zero attached hydrogens (tertiary/aromatic N) is 6. The largest absolute Gasteiger partial charge is 0.382 e. The molecular formula is C28H31FN6O2. The van der Waals surface area contributed by atoms with Crippen molar-refractivity contribution < 1.29 is 14.2 Å². The first-order chi connectivity index (χ1) is 18.1. The van der Waals surface area contributed by atoms with Gasteiger partial charge in [-0.05, 0) is 49.7 Å². The first-order valence-electron chi connectivity index (χ1n) is 12.4. The zero-order chi connectivity index (χ0) is 26.4. The van der Waals surface area contributed by atoms with E-state index in [0.717, 1.165) is 29.7 Å². The van der Waals surface area contributed by atoms with Gasteiger partial charge < -0.3 is 14.7 Å². The monoisotopic (exact) mass is 502 g/mol. The van der Waals surface area contributed by atoms with Gasteiger partial charge in [0.05, 0.1) is 30.1 Å². The molecule has 8 nitrogen and oxygen atoms in total. The number of aliphatic imine (C=N–C) groups is 1. The highest BCUT2D eigenvalue weighted by atomic mass is 19.1. The van der Waals surface area contributed by atoms with Crippen molar-refractivity contribution in [2.24, 2.45) is 4.99 Å². The maximum absolute atomic E-state index is 15.1. The number of aliphatic hydroxyl groups excluding tert-OH is 1. The zero-order valence-corrected chi connectivity index (χ0v) is 21.5. The highest BCUT2D eigenvalue weighted by Crippen LogP contribution is 2.34. The topological polar surface area (TPSA) is 96.6 Å². The summed E-state index contributed by atoms with van der Waals surface area (Å²) < 4.78 is 20.5. The first-order valence-corrected chi connectivity index (χ1v) is 12.4. The number of rotatable bonds is 5. The van der Waals surface area contributed by atoms with Gasteiger partial charge >= 0.3 is 0 Å². The summed E-state index contributed by atoms with van der Waals surface area (Å²) in [7, 11) is 0. The lowest BCUT2D eigenvalue weighted by molar-refractivity contribution is 0.122. The Bertz CT molecular complexity index is 1410. The van der Waals surface area contributed by atoms with Gasteiger partial charge in [0.15, 0.2) is 5.82 Å². The molecule has 0 spiro atoms. The Morgan fingerprint density at radius 3 is 2.54 bits per heavy atom. The van der Waals surface area contributed by atoms with E-state index >= 15 is 4.39 Å². The number of morpholine rings is 1. The average molecular weight is 503 g/mol. The molecule has 1 atom stereocenters. The molecule has 2 aromatic carbocycles. The number of benzene rings is 2. The molecule has 0 amide bonds. The van der Waals surface area contributed by atoms with E-state index in [2.05, 4.69) is 29.8 Å². The van der Waals surface area contributed by atoms with Crippen molar-refractivity contribution in [3.8, 4) is 11.3 Å². The minimum atomic E-state index is -1.08. The molecule has 1 aliphatic heterocycles. The van der Waals surface area contributed by atoms with Crippen molar-refractivity contribution >= 4 is 28.6 Å². The van der Waals surface area contributed by atoms with Crippen LogP contribution in [0.2, 0.25) is 0 Å². The highest BCUT2D eigenvalue weighted by Gasteiger charge is 2.21. The number of aliphatic hydroxyl groups is 1. The highest BCUT2D eigenvalue weighted by molar-refractivity contribution is 5.94. The van der Waals surface area contributed by atoms with Crippen molar-refractivity contribution in [2.45, 2.75) is 33.8 Å². The predicted molar refractivity (Wildman–Crippen MR) is 144 cm³/mol. The number of hydrogen-bond donors (Lipinski definition) is 1. The fourth-order valence-electron chi connectivity index (χ4n) is 4.31. The summed E-state index contributed by atoms with van der Waals surface area (Å²) in [5.74, 6) is 0.0469. The third kappa shape index (κ3) is 5.47. The van der Waals surface area contributed by atoms with Gasteiger partial charge in [-0.2, -0.15) is 0 Å². The van der Waals surface area contributed by atoms with Crippen LogP contribution in [0.5, 0.6) is 0 Å². The molecular weight excluding hydrogens is 471 g/mol. The molecule has 3 heterocycles. The molecule has 1 unspecified atom stereocenters. The second-order valence-electron chi connectivity index (χ2n) is 8.26. The Hall–Kier alpha value is -3.82. The Kier molecular flexibility index (Phi) is 8.47. The Labute approximate surface area is 215 Å². The van der Waals surface area contributed by atoms with Crippen LogP contribution in [0.15, 0.2) is 54.0 Å². The fourth-order valence-corrected chi connectivity index (χ4v) is 4.31. The molecule has 0 bridgehead atoms. The third-order valence-corrected chi connectivity index (χ3v) is 6.16. The summed E-state index contributed by atoms with van der Waals surface area (Å²) in [6.07, 6.45) is 3.35. The quantitative estimate of drug-likeness (QED) is 0.375. The van der Waals surface area contributed by atoms with E-state index in [1.807, 2.05) is 32.0 Å². The van der Waals surface area contributed by atoms with Crippen molar-refractivity contribution in [1.82, 2.24) is 19.9 Å². The van der Waals surface area contributed by atoms with Gasteiger partial charge in [0.25, 0.3) is 0 Å². The molecule has 1 N–H and O–H groups in total. The van der Waals surface area contributed by atoms with Crippen LogP contribution in [0.25, 0.3) is 22.2 Å². The van der Waals surface area contributed by atoms with Crippen LogP contribution < -0.4 is 4.90 Å². The van der Waals surface area contributed by atoms with E-state index < -0.39 is 11.9 Å². The second-order valence-corrected chi connectivity index (χ2v) is 8.26. The zero-order valence-electron chi connectivity index (χ0n) is 21.5. The molecule has 4 aromatic rings. The molecule has 5 rings (SSSR count). The summed E-state index contributed by atoms with van der Waals surface area (Å²) in [5.41, 5.74) is 4.08. The van der Waals surface area contributed by atoms with Crippen LogP contribution in [0.1, 0.15) is 43.7 Å². The lowest BCUT2D eigenvalue weighted by Crippen LogP contribution is -2.36. The SMILES string of the molecule is CC.CC=Nc1ncnc(C(O)c2ccc(F)c(-c3ncnc4cc(N5CCOCC5)ccc34)c2)c1C. The summed E-state index contributed by atoms with van der Waals surface area (Å²) in [6, 6.07) is 10.4. The normalized spacial score (nSPS) is 14.5. The minimum Gasteiger partial charge on any atom is -0.382 e. The molecule has 1 aliphatic rings. The third-order valence-electron chi connectivity index (χ3n) is 6.16. The van der Waals surface area contributed by atoms with Crippen molar-refractivity contribution in [1.29, 1.82) is 0 Å². The second kappa shape index (κ2) is 11.9. The lowest BCUT2D eigenvalue weighted by Gasteiger charge is -2.29. The van der Waals surface area contributed by atoms with Crippen molar-refractivity contribution in [3.05, 3.63) is 71.7 Å². The first kappa shape index (κ1) is 26.2. The average Bonchev–Trinajstić information content (AvgIpc) is 2.95. The van der Waals surface area contributed by atoms with Crippen LogP contribution in [-0.4, -0.2) is 57.6 Å². The number of hydrogen-bond acceptors (Lipinski definition) is 8. The Morgan fingerprint density at radius 1 is 1.03 bits per heavy atom. The van der Waals surface area contributed by atoms with Crippen LogP contribution in [0.3, 0.4) is 0 Å². The molecule has 9 heteroatoms. The maximum Gasteiger partial charge on any atom is 0.158 e. The summed E-state index contributed by atoms with van der Waals surface area (Å²) in [6.45, 7) is 10.6. The molecule has 2 aromatic heterocycles. The molecule has 192 valence electrons. The van der Waals surface area contributed by atoms with Crippen LogP contribution in [-0.2, 0) is 4.74 Å². The number of anilines is 1. The lowest BCUT2D eigenvalue weighted by atomic mass is 9.98. The van der Waals surface area contributed by atoms with Crippen molar-refractivity contribution in [2.75, 3.05) is 31.2 Å². The van der Waals surface area contributed by atoms with E-state index in [-0.39, 0.29) is 5.56 Å². The number of halogens is 1. The smallest absolute Gasteiger partial charge is 0.158 e. The van der Waals surface area contributed by atoms with Gasteiger partial charge in [-0.3, -0.25) is 0 Å². The van der Waals surface area contributed by atoms with Crippen LogP contribution in [0, 0.1) is 12.7 Å². The van der Waals surface area contributed by atoms with Crippen LogP contribution in [0.4, 0.5) is 15.9 Å². The fraction of sp³-hybridized carbons (Fsp3) is 0.321. The molecule has 0 radical (unpaired) electrons. The Morgan fingerprint density at radius 2 is 1.78 bits per heavy atom. The van der Waals surface area contributed by atoms with Gasteiger partial charge in [-0.1, -0.05) is 19.9 Å². The predicted octanol–water partition coefficient (Wildman–Crippen LogP) is 5.20. The molecule has 1 fully saturated rings. The van der Waals surface area contributed by atoms with Crippen molar-refractivity contribution in [3.63, 3.8) is 0 Å². The maximum atomic E-state index is 15.1. The van der Waals surface area contributed by atoms with Crippen LogP contribution >= 0.6 is 0 Å². The number of fused-ring (bicyclic) bond motifs is 1. The minimum absolute atomic E-state index is 0.284.